The summed E-state index contributed by atoms with van der Waals surface area (Å²) < 4.78 is 22.6. The van der Waals surface area contributed by atoms with Crippen molar-refractivity contribution in [3.8, 4) is 5.75 Å². The van der Waals surface area contributed by atoms with Crippen LogP contribution in [-0.4, -0.2) is 41.6 Å². The van der Waals surface area contributed by atoms with Crippen LogP contribution in [0.3, 0.4) is 0 Å². The number of benzene rings is 1. The van der Waals surface area contributed by atoms with Crippen molar-refractivity contribution in [2.75, 3.05) is 7.11 Å². The van der Waals surface area contributed by atoms with E-state index in [1.54, 1.807) is 32.2 Å². The molecule has 1 N–H and O–H groups in total. The standard InChI is InChI=1S/C20H22O7/c1-10-18(23)26-15(19(2,3)24-4)9-20(10)17(22)12-7-11-5-6-16(21)25-13(11)8-14(12)27-20/h5-8,10,15,18,23H,9H2,1-4H3/t10-,15+,18+,20+/m0/s1. The van der Waals surface area contributed by atoms with Crippen molar-refractivity contribution in [3.05, 3.63) is 40.2 Å². The van der Waals surface area contributed by atoms with Crippen LogP contribution in [0.15, 0.2) is 33.5 Å². The maximum Gasteiger partial charge on any atom is 0.336 e. The molecule has 1 fully saturated rings. The van der Waals surface area contributed by atoms with E-state index in [0.29, 0.717) is 22.3 Å². The van der Waals surface area contributed by atoms with Gasteiger partial charge in [0.1, 0.15) is 11.3 Å². The highest BCUT2D eigenvalue weighted by atomic mass is 16.6. The normalized spacial score (nSPS) is 30.6. The fourth-order valence-corrected chi connectivity index (χ4v) is 3.83. The van der Waals surface area contributed by atoms with E-state index in [1.807, 2.05) is 13.8 Å². The minimum atomic E-state index is -1.27. The first-order chi connectivity index (χ1) is 12.7. The van der Waals surface area contributed by atoms with Gasteiger partial charge in [-0.25, -0.2) is 4.79 Å². The van der Waals surface area contributed by atoms with Gasteiger partial charge in [0.25, 0.3) is 0 Å². The summed E-state index contributed by atoms with van der Waals surface area (Å²) in [6.45, 7) is 5.40. The fraction of sp³-hybridized carbons (Fsp3) is 0.500. The first kappa shape index (κ1) is 18.2. The van der Waals surface area contributed by atoms with Gasteiger partial charge < -0.3 is 23.7 Å². The van der Waals surface area contributed by atoms with Crippen LogP contribution in [0.2, 0.25) is 0 Å². The molecule has 2 aliphatic heterocycles. The van der Waals surface area contributed by atoms with E-state index >= 15 is 0 Å². The zero-order valence-corrected chi connectivity index (χ0v) is 15.6. The molecular formula is C20H22O7. The van der Waals surface area contributed by atoms with E-state index in [4.69, 9.17) is 18.6 Å². The SMILES string of the molecule is COC(C)(C)[C@H]1C[C@@]2(Oc3cc4oc(=O)ccc4cc3C2=O)[C@@H](C)[C@H](O)O1. The third-order valence-corrected chi connectivity index (χ3v) is 5.90. The van der Waals surface area contributed by atoms with Gasteiger partial charge in [-0.2, -0.15) is 0 Å². The number of carbonyl (C=O) groups is 1. The zero-order valence-electron chi connectivity index (χ0n) is 15.6. The minimum Gasteiger partial charge on any atom is -0.478 e. The topological polar surface area (TPSA) is 95.2 Å². The van der Waals surface area contributed by atoms with E-state index in [1.165, 1.54) is 6.07 Å². The van der Waals surface area contributed by atoms with Crippen LogP contribution in [0.5, 0.6) is 5.75 Å². The van der Waals surface area contributed by atoms with Gasteiger partial charge in [-0.05, 0) is 26.0 Å². The highest BCUT2D eigenvalue weighted by Gasteiger charge is 2.60. The van der Waals surface area contributed by atoms with Crippen molar-refractivity contribution in [2.24, 2.45) is 5.92 Å². The van der Waals surface area contributed by atoms with Crippen molar-refractivity contribution < 1.29 is 28.5 Å². The molecule has 3 heterocycles. The lowest BCUT2D eigenvalue weighted by molar-refractivity contribution is -0.266. The molecule has 4 atom stereocenters. The minimum absolute atomic E-state index is 0.211. The Morgan fingerprint density at radius 2 is 2.00 bits per heavy atom. The molecule has 1 saturated heterocycles. The van der Waals surface area contributed by atoms with Crippen LogP contribution >= 0.6 is 0 Å². The Bertz CT molecular complexity index is 976. The van der Waals surface area contributed by atoms with Crippen molar-refractivity contribution >= 4 is 16.8 Å². The van der Waals surface area contributed by atoms with Crippen LogP contribution in [0.4, 0.5) is 0 Å². The number of ketones is 1. The lowest BCUT2D eigenvalue weighted by Gasteiger charge is -2.47. The molecule has 0 amide bonds. The fourth-order valence-electron chi connectivity index (χ4n) is 3.83. The Kier molecular flexibility index (Phi) is 3.96. The molecule has 0 unspecified atom stereocenters. The lowest BCUT2D eigenvalue weighted by Crippen LogP contribution is -2.62. The number of carbonyl (C=O) groups excluding carboxylic acids is 1. The summed E-state index contributed by atoms with van der Waals surface area (Å²) in [7, 11) is 1.56. The number of methoxy groups -OCH3 is 1. The molecule has 0 bridgehead atoms. The summed E-state index contributed by atoms with van der Waals surface area (Å²) >= 11 is 0. The second kappa shape index (κ2) is 5.89. The molecule has 144 valence electrons. The van der Waals surface area contributed by atoms with Gasteiger partial charge in [-0.3, -0.25) is 4.79 Å². The van der Waals surface area contributed by atoms with Gasteiger partial charge in [0.2, 0.25) is 5.78 Å². The monoisotopic (exact) mass is 374 g/mol. The molecule has 7 heteroatoms. The highest BCUT2D eigenvalue weighted by Crippen LogP contribution is 2.48. The van der Waals surface area contributed by atoms with Crippen LogP contribution in [0.25, 0.3) is 11.0 Å². The Hall–Kier alpha value is -2.22. The van der Waals surface area contributed by atoms with Gasteiger partial charge in [-0.15, -0.1) is 0 Å². The zero-order chi connectivity index (χ0) is 19.6. The quantitative estimate of drug-likeness (QED) is 0.806. The average Bonchev–Trinajstić information content (AvgIpc) is 2.89. The van der Waals surface area contributed by atoms with Crippen LogP contribution in [0, 0.1) is 5.92 Å². The molecule has 27 heavy (non-hydrogen) atoms. The third kappa shape index (κ3) is 2.61. The third-order valence-electron chi connectivity index (χ3n) is 5.90. The van der Waals surface area contributed by atoms with Crippen molar-refractivity contribution in [1.29, 1.82) is 0 Å². The predicted molar refractivity (Wildman–Crippen MR) is 95.9 cm³/mol. The second-order valence-electron chi connectivity index (χ2n) is 7.78. The van der Waals surface area contributed by atoms with Crippen molar-refractivity contribution in [1.82, 2.24) is 0 Å². The van der Waals surface area contributed by atoms with Gasteiger partial charge in [-0.1, -0.05) is 6.92 Å². The van der Waals surface area contributed by atoms with E-state index in [-0.39, 0.29) is 12.2 Å². The van der Waals surface area contributed by atoms with Crippen molar-refractivity contribution in [2.45, 2.75) is 50.8 Å². The summed E-state index contributed by atoms with van der Waals surface area (Å²) in [5, 5.41) is 11.1. The molecule has 0 aliphatic carbocycles. The molecule has 0 saturated carbocycles. The second-order valence-corrected chi connectivity index (χ2v) is 7.78. The van der Waals surface area contributed by atoms with Gasteiger partial charge >= 0.3 is 5.63 Å². The first-order valence-corrected chi connectivity index (χ1v) is 8.88. The summed E-state index contributed by atoms with van der Waals surface area (Å²) in [6.07, 6.45) is -1.48. The number of aliphatic hydroxyl groups is 1. The molecule has 2 aromatic rings. The number of ether oxygens (including phenoxy) is 3. The van der Waals surface area contributed by atoms with E-state index < -0.39 is 35.1 Å². The lowest BCUT2D eigenvalue weighted by atomic mass is 9.74. The highest BCUT2D eigenvalue weighted by molar-refractivity contribution is 6.10. The number of rotatable bonds is 2. The van der Waals surface area contributed by atoms with E-state index in [2.05, 4.69) is 0 Å². The van der Waals surface area contributed by atoms with Crippen LogP contribution in [0.1, 0.15) is 37.6 Å². The molecule has 1 aromatic carbocycles. The number of hydrogen-bond donors (Lipinski definition) is 1. The Morgan fingerprint density at radius 1 is 1.26 bits per heavy atom. The van der Waals surface area contributed by atoms with Crippen molar-refractivity contribution in [3.63, 3.8) is 0 Å². The molecule has 7 nitrogen and oxygen atoms in total. The molecule has 1 spiro atoms. The number of aliphatic hydroxyl groups excluding tert-OH is 1. The molecule has 0 radical (unpaired) electrons. The number of Topliss-reactive ketones (excluding diaryl/α,β-unsaturated/α-hetero) is 1. The summed E-state index contributed by atoms with van der Waals surface area (Å²) in [5.74, 6) is -0.453. The molecule has 2 aliphatic rings. The van der Waals surface area contributed by atoms with Gasteiger partial charge in [0.05, 0.1) is 23.2 Å². The Labute approximate surface area is 155 Å². The van der Waals surface area contributed by atoms with Crippen LogP contribution < -0.4 is 10.4 Å². The Morgan fingerprint density at radius 3 is 2.70 bits per heavy atom. The number of fused-ring (bicyclic) bond motifs is 2. The summed E-state index contributed by atoms with van der Waals surface area (Å²) in [6, 6.07) is 6.14. The predicted octanol–water partition coefficient (Wildman–Crippen LogP) is 2.28. The molecule has 1 aromatic heterocycles. The first-order valence-electron chi connectivity index (χ1n) is 8.88. The summed E-state index contributed by atoms with van der Waals surface area (Å²) in [4.78, 5) is 24.9. The van der Waals surface area contributed by atoms with Gasteiger partial charge in [0, 0.05) is 31.0 Å². The largest absolute Gasteiger partial charge is 0.478 e. The smallest absolute Gasteiger partial charge is 0.336 e. The number of hydrogen-bond acceptors (Lipinski definition) is 7. The average molecular weight is 374 g/mol. The maximum atomic E-state index is 13.4. The summed E-state index contributed by atoms with van der Waals surface area (Å²) in [5.41, 5.74) is -1.70. The van der Waals surface area contributed by atoms with E-state index in [0.717, 1.165) is 0 Å². The molecular weight excluding hydrogens is 352 g/mol. The van der Waals surface area contributed by atoms with E-state index in [9.17, 15) is 14.7 Å². The Balaban J connectivity index is 1.81. The van der Waals surface area contributed by atoms with Crippen LogP contribution in [-0.2, 0) is 9.47 Å². The molecule has 4 rings (SSSR count). The maximum absolute atomic E-state index is 13.4. The van der Waals surface area contributed by atoms with Gasteiger partial charge in [0.15, 0.2) is 11.9 Å².